The fraction of sp³-hybridized carbons (Fsp3) is 0.154. The van der Waals surface area contributed by atoms with E-state index < -0.39 is 0 Å². The SMILES string of the molecule is Cc1nc(CNC(=O)c2ccc3ocnc3c2)cs1. The number of oxazole rings is 1. The highest BCUT2D eigenvalue weighted by molar-refractivity contribution is 7.09. The summed E-state index contributed by atoms with van der Waals surface area (Å²) >= 11 is 1.57. The van der Waals surface area contributed by atoms with E-state index in [0.29, 0.717) is 23.2 Å². The Labute approximate surface area is 113 Å². The van der Waals surface area contributed by atoms with Gasteiger partial charge in [0.1, 0.15) is 5.52 Å². The molecule has 0 unspecified atom stereocenters. The Kier molecular flexibility index (Phi) is 3.00. The lowest BCUT2D eigenvalue weighted by atomic mass is 10.2. The van der Waals surface area contributed by atoms with Crippen LogP contribution in [0, 0.1) is 6.92 Å². The molecule has 96 valence electrons. The van der Waals surface area contributed by atoms with Gasteiger partial charge < -0.3 is 9.73 Å². The molecule has 0 spiro atoms. The molecule has 0 saturated heterocycles. The highest BCUT2D eigenvalue weighted by Crippen LogP contribution is 2.14. The van der Waals surface area contributed by atoms with Crippen LogP contribution < -0.4 is 5.32 Å². The van der Waals surface area contributed by atoms with Crippen molar-refractivity contribution in [3.63, 3.8) is 0 Å². The second-order valence-corrected chi connectivity index (χ2v) is 5.14. The highest BCUT2D eigenvalue weighted by Gasteiger charge is 2.08. The number of thiazole rings is 1. The minimum absolute atomic E-state index is 0.143. The minimum atomic E-state index is -0.143. The molecule has 0 bridgehead atoms. The van der Waals surface area contributed by atoms with Crippen molar-refractivity contribution < 1.29 is 9.21 Å². The average molecular weight is 273 g/mol. The van der Waals surface area contributed by atoms with Crippen molar-refractivity contribution in [1.29, 1.82) is 0 Å². The van der Waals surface area contributed by atoms with Crippen molar-refractivity contribution in [2.75, 3.05) is 0 Å². The van der Waals surface area contributed by atoms with E-state index in [-0.39, 0.29) is 5.91 Å². The molecular weight excluding hydrogens is 262 g/mol. The van der Waals surface area contributed by atoms with Gasteiger partial charge in [-0.3, -0.25) is 4.79 Å². The Morgan fingerprint density at radius 3 is 3.16 bits per heavy atom. The van der Waals surface area contributed by atoms with Crippen LogP contribution in [0.3, 0.4) is 0 Å². The predicted molar refractivity (Wildman–Crippen MR) is 72.0 cm³/mol. The van der Waals surface area contributed by atoms with Gasteiger partial charge in [0.25, 0.3) is 5.91 Å². The number of carbonyl (C=O) groups excluding carboxylic acids is 1. The van der Waals surface area contributed by atoms with Crippen molar-refractivity contribution in [3.05, 3.63) is 46.2 Å². The van der Waals surface area contributed by atoms with Crippen molar-refractivity contribution in [2.24, 2.45) is 0 Å². The maximum Gasteiger partial charge on any atom is 0.251 e. The normalized spacial score (nSPS) is 10.8. The molecule has 0 radical (unpaired) electrons. The zero-order valence-electron chi connectivity index (χ0n) is 10.2. The number of benzene rings is 1. The molecule has 6 heteroatoms. The van der Waals surface area contributed by atoms with E-state index in [2.05, 4.69) is 15.3 Å². The molecule has 3 rings (SSSR count). The average Bonchev–Trinajstić information content (AvgIpc) is 3.03. The Balaban J connectivity index is 1.72. The zero-order valence-corrected chi connectivity index (χ0v) is 11.0. The van der Waals surface area contributed by atoms with Crippen LogP contribution in [0.15, 0.2) is 34.4 Å². The number of hydrogen-bond donors (Lipinski definition) is 1. The summed E-state index contributed by atoms with van der Waals surface area (Å²) in [5, 5.41) is 5.77. The molecule has 0 fully saturated rings. The first-order valence-corrected chi connectivity index (χ1v) is 6.63. The number of aryl methyl sites for hydroxylation is 1. The molecule has 2 aromatic heterocycles. The molecule has 19 heavy (non-hydrogen) atoms. The molecular formula is C13H11N3O2S. The van der Waals surface area contributed by atoms with E-state index >= 15 is 0 Å². The summed E-state index contributed by atoms with van der Waals surface area (Å²) in [6, 6.07) is 5.17. The quantitative estimate of drug-likeness (QED) is 0.796. The van der Waals surface area contributed by atoms with Crippen LogP contribution in [0.1, 0.15) is 21.1 Å². The third kappa shape index (κ3) is 2.48. The zero-order chi connectivity index (χ0) is 13.2. The minimum Gasteiger partial charge on any atom is -0.443 e. The van der Waals surface area contributed by atoms with Gasteiger partial charge in [0.15, 0.2) is 12.0 Å². The number of fused-ring (bicyclic) bond motifs is 1. The van der Waals surface area contributed by atoms with Crippen molar-refractivity contribution in [3.8, 4) is 0 Å². The van der Waals surface area contributed by atoms with Gasteiger partial charge in [0, 0.05) is 10.9 Å². The number of nitrogens with zero attached hydrogens (tertiary/aromatic N) is 2. The summed E-state index contributed by atoms with van der Waals surface area (Å²) in [6.45, 7) is 2.37. The molecule has 0 saturated carbocycles. The van der Waals surface area contributed by atoms with Gasteiger partial charge in [-0.05, 0) is 25.1 Å². The van der Waals surface area contributed by atoms with E-state index in [1.807, 2.05) is 12.3 Å². The summed E-state index contributed by atoms with van der Waals surface area (Å²) in [5.41, 5.74) is 2.79. The molecule has 0 atom stereocenters. The molecule has 0 aliphatic heterocycles. The number of nitrogens with one attached hydrogen (secondary N) is 1. The molecule has 3 aromatic rings. The van der Waals surface area contributed by atoms with Crippen molar-refractivity contribution in [2.45, 2.75) is 13.5 Å². The molecule has 0 aliphatic carbocycles. The van der Waals surface area contributed by atoms with E-state index in [1.54, 1.807) is 29.5 Å². The fourth-order valence-corrected chi connectivity index (χ4v) is 2.37. The summed E-state index contributed by atoms with van der Waals surface area (Å²) in [5.74, 6) is -0.143. The van der Waals surface area contributed by atoms with E-state index in [0.717, 1.165) is 10.7 Å². The van der Waals surface area contributed by atoms with Crippen LogP contribution in [-0.4, -0.2) is 15.9 Å². The van der Waals surface area contributed by atoms with E-state index in [1.165, 1.54) is 6.39 Å². The Morgan fingerprint density at radius 1 is 1.47 bits per heavy atom. The van der Waals surface area contributed by atoms with Crippen LogP contribution >= 0.6 is 11.3 Å². The van der Waals surface area contributed by atoms with E-state index in [4.69, 9.17) is 4.42 Å². The summed E-state index contributed by atoms with van der Waals surface area (Å²) < 4.78 is 5.13. The lowest BCUT2D eigenvalue weighted by Crippen LogP contribution is -2.22. The Bertz CT molecular complexity index is 732. The maximum absolute atomic E-state index is 12.0. The summed E-state index contributed by atoms with van der Waals surface area (Å²) in [4.78, 5) is 20.3. The molecule has 1 amide bonds. The third-order valence-electron chi connectivity index (χ3n) is 2.69. The van der Waals surface area contributed by atoms with Gasteiger partial charge in [-0.2, -0.15) is 0 Å². The number of carbonyl (C=O) groups is 1. The van der Waals surface area contributed by atoms with Crippen molar-refractivity contribution in [1.82, 2.24) is 15.3 Å². The van der Waals surface area contributed by atoms with Crippen LogP contribution in [0.2, 0.25) is 0 Å². The topological polar surface area (TPSA) is 68.0 Å². The number of aromatic nitrogens is 2. The molecule has 0 aliphatic rings. The lowest BCUT2D eigenvalue weighted by molar-refractivity contribution is 0.0950. The van der Waals surface area contributed by atoms with Gasteiger partial charge in [-0.1, -0.05) is 0 Å². The second kappa shape index (κ2) is 4.81. The highest BCUT2D eigenvalue weighted by atomic mass is 32.1. The first-order valence-electron chi connectivity index (χ1n) is 5.75. The lowest BCUT2D eigenvalue weighted by Gasteiger charge is -2.02. The van der Waals surface area contributed by atoms with Crippen molar-refractivity contribution >= 4 is 28.3 Å². The fourth-order valence-electron chi connectivity index (χ4n) is 1.76. The standard InChI is InChI=1S/C13H11N3O2S/c1-8-16-10(6-19-8)5-14-13(17)9-2-3-12-11(4-9)15-7-18-12/h2-4,6-7H,5H2,1H3,(H,14,17). The van der Waals surface area contributed by atoms with Gasteiger partial charge >= 0.3 is 0 Å². The van der Waals surface area contributed by atoms with Gasteiger partial charge in [0.05, 0.1) is 17.2 Å². The van der Waals surface area contributed by atoms with E-state index in [9.17, 15) is 4.79 Å². The summed E-state index contributed by atoms with van der Waals surface area (Å²) in [7, 11) is 0. The van der Waals surface area contributed by atoms with Gasteiger partial charge in [0.2, 0.25) is 0 Å². The van der Waals surface area contributed by atoms with Crippen LogP contribution in [0.25, 0.3) is 11.1 Å². The number of amides is 1. The van der Waals surface area contributed by atoms with Gasteiger partial charge in [-0.15, -0.1) is 11.3 Å². The molecule has 2 heterocycles. The van der Waals surface area contributed by atoms with Crippen LogP contribution in [-0.2, 0) is 6.54 Å². The number of rotatable bonds is 3. The first kappa shape index (κ1) is 11.9. The Hall–Kier alpha value is -2.21. The summed E-state index contributed by atoms with van der Waals surface area (Å²) in [6.07, 6.45) is 1.37. The Morgan fingerprint density at radius 2 is 2.37 bits per heavy atom. The number of hydrogen-bond acceptors (Lipinski definition) is 5. The largest absolute Gasteiger partial charge is 0.443 e. The smallest absolute Gasteiger partial charge is 0.251 e. The van der Waals surface area contributed by atoms with Gasteiger partial charge in [-0.25, -0.2) is 9.97 Å². The second-order valence-electron chi connectivity index (χ2n) is 4.08. The molecule has 1 N–H and O–H groups in total. The predicted octanol–water partition coefficient (Wildman–Crippen LogP) is 2.52. The van der Waals surface area contributed by atoms with Crippen LogP contribution in [0.4, 0.5) is 0 Å². The van der Waals surface area contributed by atoms with Crippen LogP contribution in [0.5, 0.6) is 0 Å². The third-order valence-corrected chi connectivity index (χ3v) is 3.51. The molecule has 1 aromatic carbocycles. The molecule has 5 nitrogen and oxygen atoms in total. The monoisotopic (exact) mass is 273 g/mol. The first-order chi connectivity index (χ1) is 9.22. The maximum atomic E-state index is 12.0.